The maximum atomic E-state index is 3.69. The zero-order chi connectivity index (χ0) is 12.1. The predicted octanol–water partition coefficient (Wildman–Crippen LogP) is 3.03. The van der Waals surface area contributed by atoms with Gasteiger partial charge in [0.05, 0.1) is 0 Å². The van der Waals surface area contributed by atoms with E-state index in [4.69, 9.17) is 0 Å². The highest BCUT2D eigenvalue weighted by Crippen LogP contribution is 2.31. The molecule has 0 radical (unpaired) electrons. The van der Waals surface area contributed by atoms with E-state index in [0.29, 0.717) is 0 Å². The van der Waals surface area contributed by atoms with Crippen LogP contribution in [-0.2, 0) is 0 Å². The summed E-state index contributed by atoms with van der Waals surface area (Å²) in [5, 5.41) is 3.69. The Labute approximate surface area is 107 Å². The van der Waals surface area contributed by atoms with Crippen LogP contribution < -0.4 is 5.32 Å². The number of rotatable bonds is 3. The topological polar surface area (TPSA) is 15.3 Å². The fourth-order valence-corrected chi connectivity index (χ4v) is 3.77. The summed E-state index contributed by atoms with van der Waals surface area (Å²) in [6, 6.07) is 1.66. The molecule has 2 aliphatic rings. The van der Waals surface area contributed by atoms with E-state index in [1.54, 1.807) is 0 Å². The van der Waals surface area contributed by atoms with Gasteiger partial charge in [-0.05, 0) is 38.1 Å². The maximum Gasteiger partial charge on any atom is 0.0124 e. The van der Waals surface area contributed by atoms with Gasteiger partial charge < -0.3 is 5.32 Å². The van der Waals surface area contributed by atoms with Gasteiger partial charge in [-0.15, -0.1) is 0 Å². The Kier molecular flexibility index (Phi) is 5.30. The van der Waals surface area contributed by atoms with Crippen molar-refractivity contribution >= 4 is 0 Å². The minimum atomic E-state index is 0.767. The van der Waals surface area contributed by atoms with Gasteiger partial charge in [0, 0.05) is 25.2 Å². The lowest BCUT2D eigenvalue weighted by Gasteiger charge is -2.39. The van der Waals surface area contributed by atoms with Gasteiger partial charge in [0.2, 0.25) is 0 Å². The predicted molar refractivity (Wildman–Crippen MR) is 74.3 cm³/mol. The molecule has 2 nitrogen and oxygen atoms in total. The van der Waals surface area contributed by atoms with E-state index in [9.17, 15) is 0 Å². The molecule has 1 N–H and O–H groups in total. The molecule has 1 saturated heterocycles. The largest absolute Gasteiger partial charge is 0.313 e. The molecular formula is C15H30N2. The molecule has 0 aromatic heterocycles. The van der Waals surface area contributed by atoms with Crippen LogP contribution in [0, 0.1) is 5.92 Å². The standard InChI is InChI=1S/C15H30N2/c1-3-13-7-5-6-8-15(13)17-11-9-14(4-2)16-10-12-17/h13-16H,3-12H2,1-2H3. The third kappa shape index (κ3) is 3.45. The summed E-state index contributed by atoms with van der Waals surface area (Å²) in [6.45, 7) is 8.49. The first-order valence-electron chi connectivity index (χ1n) is 7.82. The Morgan fingerprint density at radius 2 is 1.82 bits per heavy atom. The smallest absolute Gasteiger partial charge is 0.0124 e. The van der Waals surface area contributed by atoms with Gasteiger partial charge in [0.15, 0.2) is 0 Å². The molecule has 0 aromatic carbocycles. The van der Waals surface area contributed by atoms with Gasteiger partial charge >= 0.3 is 0 Å². The first-order chi connectivity index (χ1) is 8.35. The highest BCUT2D eigenvalue weighted by atomic mass is 15.2. The fraction of sp³-hybridized carbons (Fsp3) is 1.00. The number of nitrogens with one attached hydrogen (secondary N) is 1. The molecule has 0 spiro atoms. The van der Waals surface area contributed by atoms with Crippen LogP contribution in [0.25, 0.3) is 0 Å². The molecule has 0 amide bonds. The zero-order valence-corrected chi connectivity index (χ0v) is 11.8. The Morgan fingerprint density at radius 1 is 1.00 bits per heavy atom. The van der Waals surface area contributed by atoms with Crippen molar-refractivity contribution in [3.8, 4) is 0 Å². The van der Waals surface area contributed by atoms with Crippen molar-refractivity contribution < 1.29 is 0 Å². The average Bonchev–Trinajstić information content (AvgIpc) is 2.63. The normalized spacial score (nSPS) is 36.7. The monoisotopic (exact) mass is 238 g/mol. The summed E-state index contributed by atoms with van der Waals surface area (Å²) >= 11 is 0. The molecule has 2 rings (SSSR count). The third-order valence-electron chi connectivity index (χ3n) is 4.95. The quantitative estimate of drug-likeness (QED) is 0.813. The van der Waals surface area contributed by atoms with Crippen LogP contribution >= 0.6 is 0 Å². The van der Waals surface area contributed by atoms with Crippen LogP contribution in [0.1, 0.15) is 58.8 Å². The first-order valence-corrected chi connectivity index (χ1v) is 7.82. The fourth-order valence-electron chi connectivity index (χ4n) is 3.77. The van der Waals surface area contributed by atoms with Gasteiger partial charge in [0.25, 0.3) is 0 Å². The summed E-state index contributed by atoms with van der Waals surface area (Å²) in [5.74, 6) is 0.974. The number of hydrogen-bond acceptors (Lipinski definition) is 2. The molecule has 0 aromatic rings. The van der Waals surface area contributed by atoms with Gasteiger partial charge in [-0.2, -0.15) is 0 Å². The highest BCUT2D eigenvalue weighted by Gasteiger charge is 2.29. The van der Waals surface area contributed by atoms with Crippen LogP contribution in [-0.4, -0.2) is 36.6 Å². The first kappa shape index (κ1) is 13.4. The zero-order valence-electron chi connectivity index (χ0n) is 11.8. The van der Waals surface area contributed by atoms with Crippen molar-refractivity contribution in [2.45, 2.75) is 70.9 Å². The molecule has 3 atom stereocenters. The van der Waals surface area contributed by atoms with Gasteiger partial charge in [-0.25, -0.2) is 0 Å². The summed E-state index contributed by atoms with van der Waals surface area (Å²) in [5.41, 5.74) is 0. The van der Waals surface area contributed by atoms with E-state index in [1.165, 1.54) is 64.6 Å². The van der Waals surface area contributed by atoms with Crippen molar-refractivity contribution in [3.05, 3.63) is 0 Å². The second-order valence-corrected chi connectivity index (χ2v) is 5.90. The highest BCUT2D eigenvalue weighted by molar-refractivity contribution is 4.85. The Hall–Kier alpha value is -0.0800. The molecule has 1 aliphatic heterocycles. The maximum absolute atomic E-state index is 3.69. The van der Waals surface area contributed by atoms with Gasteiger partial charge in [-0.3, -0.25) is 4.90 Å². The molecule has 0 bridgehead atoms. The molecule has 17 heavy (non-hydrogen) atoms. The van der Waals surface area contributed by atoms with E-state index in [1.807, 2.05) is 0 Å². The summed E-state index contributed by atoms with van der Waals surface area (Å²) in [6.07, 6.45) is 9.88. The Balaban J connectivity index is 1.91. The second-order valence-electron chi connectivity index (χ2n) is 5.90. The molecule has 100 valence electrons. The Morgan fingerprint density at radius 3 is 2.59 bits per heavy atom. The van der Waals surface area contributed by atoms with Gasteiger partial charge in [0.1, 0.15) is 0 Å². The summed E-state index contributed by atoms with van der Waals surface area (Å²) in [4.78, 5) is 2.80. The lowest BCUT2D eigenvalue weighted by Crippen LogP contribution is -2.44. The summed E-state index contributed by atoms with van der Waals surface area (Å²) in [7, 11) is 0. The van der Waals surface area contributed by atoms with Crippen molar-refractivity contribution in [2.75, 3.05) is 19.6 Å². The molecule has 2 heteroatoms. The van der Waals surface area contributed by atoms with Crippen molar-refractivity contribution in [1.82, 2.24) is 10.2 Å². The van der Waals surface area contributed by atoms with E-state index in [-0.39, 0.29) is 0 Å². The van der Waals surface area contributed by atoms with E-state index < -0.39 is 0 Å². The minimum Gasteiger partial charge on any atom is -0.313 e. The van der Waals surface area contributed by atoms with E-state index >= 15 is 0 Å². The number of nitrogens with zero attached hydrogens (tertiary/aromatic N) is 1. The lowest BCUT2D eigenvalue weighted by atomic mass is 9.82. The third-order valence-corrected chi connectivity index (χ3v) is 4.95. The van der Waals surface area contributed by atoms with Crippen LogP contribution in [0.15, 0.2) is 0 Å². The minimum absolute atomic E-state index is 0.767. The van der Waals surface area contributed by atoms with Crippen molar-refractivity contribution in [3.63, 3.8) is 0 Å². The van der Waals surface area contributed by atoms with Crippen LogP contribution in [0.2, 0.25) is 0 Å². The van der Waals surface area contributed by atoms with Crippen molar-refractivity contribution in [1.29, 1.82) is 0 Å². The van der Waals surface area contributed by atoms with Crippen LogP contribution in [0.5, 0.6) is 0 Å². The second kappa shape index (κ2) is 6.75. The van der Waals surface area contributed by atoms with Crippen molar-refractivity contribution in [2.24, 2.45) is 5.92 Å². The SMILES string of the molecule is CCC1CCN(C2CCCCC2CC)CCN1. The van der Waals surface area contributed by atoms with Crippen LogP contribution in [0.4, 0.5) is 0 Å². The number of hydrogen-bond donors (Lipinski definition) is 1. The molecular weight excluding hydrogens is 208 g/mol. The van der Waals surface area contributed by atoms with Crippen LogP contribution in [0.3, 0.4) is 0 Å². The average molecular weight is 238 g/mol. The lowest BCUT2D eigenvalue weighted by molar-refractivity contribution is 0.107. The summed E-state index contributed by atoms with van der Waals surface area (Å²) < 4.78 is 0. The van der Waals surface area contributed by atoms with E-state index in [2.05, 4.69) is 24.1 Å². The Bertz CT molecular complexity index is 217. The molecule has 1 heterocycles. The van der Waals surface area contributed by atoms with Gasteiger partial charge in [-0.1, -0.05) is 33.1 Å². The molecule has 1 saturated carbocycles. The molecule has 2 fully saturated rings. The van der Waals surface area contributed by atoms with E-state index in [0.717, 1.165) is 18.0 Å². The molecule has 3 unspecified atom stereocenters. The molecule has 1 aliphatic carbocycles.